The van der Waals surface area contributed by atoms with E-state index in [4.69, 9.17) is 0 Å². The summed E-state index contributed by atoms with van der Waals surface area (Å²) in [5, 5.41) is 12.5. The summed E-state index contributed by atoms with van der Waals surface area (Å²) >= 11 is 0. The molecule has 0 bridgehead atoms. The van der Waals surface area contributed by atoms with Crippen LogP contribution in [0.4, 0.5) is 0 Å². The second-order valence-corrected chi connectivity index (χ2v) is 4.51. The highest BCUT2D eigenvalue weighted by atomic mass is 16.4. The van der Waals surface area contributed by atoms with Crippen LogP contribution in [0.3, 0.4) is 0 Å². The molecule has 3 heteroatoms. The number of hydrogen-bond donors (Lipinski definition) is 2. The summed E-state index contributed by atoms with van der Waals surface area (Å²) in [7, 11) is 0. The lowest BCUT2D eigenvalue weighted by molar-refractivity contribution is -0.152. The number of hydrogen-bond acceptors (Lipinski definition) is 2. The van der Waals surface area contributed by atoms with E-state index in [9.17, 15) is 9.90 Å². The lowest BCUT2D eigenvalue weighted by atomic mass is 9.75. The molecule has 0 radical (unpaired) electrons. The average molecular weight is 201 g/mol. The molecule has 0 fully saturated rings. The molecule has 3 nitrogen and oxygen atoms in total. The number of rotatable bonds is 6. The molecule has 0 saturated heterocycles. The topological polar surface area (TPSA) is 49.3 Å². The van der Waals surface area contributed by atoms with Crippen molar-refractivity contribution in [3.05, 3.63) is 0 Å². The van der Waals surface area contributed by atoms with Gasteiger partial charge < -0.3 is 10.4 Å². The van der Waals surface area contributed by atoms with E-state index in [2.05, 4.69) is 5.32 Å². The third-order valence-electron chi connectivity index (χ3n) is 2.99. The molecule has 2 N–H and O–H groups in total. The smallest absolute Gasteiger partial charge is 0.311 e. The van der Waals surface area contributed by atoms with Crippen molar-refractivity contribution in [3.8, 4) is 0 Å². The molecule has 0 aromatic carbocycles. The van der Waals surface area contributed by atoms with Crippen LogP contribution in [0.5, 0.6) is 0 Å². The van der Waals surface area contributed by atoms with Crippen LogP contribution in [0.25, 0.3) is 0 Å². The molecule has 0 aliphatic heterocycles. The zero-order chi connectivity index (χ0) is 11.4. The average Bonchev–Trinajstić information content (AvgIpc) is 2.04. The van der Waals surface area contributed by atoms with Crippen molar-refractivity contribution >= 4 is 5.97 Å². The Morgan fingerprint density at radius 1 is 1.36 bits per heavy atom. The van der Waals surface area contributed by atoms with Gasteiger partial charge in [-0.3, -0.25) is 4.79 Å². The van der Waals surface area contributed by atoms with Gasteiger partial charge in [0, 0.05) is 12.6 Å². The molecule has 0 aliphatic rings. The zero-order valence-corrected chi connectivity index (χ0v) is 9.92. The summed E-state index contributed by atoms with van der Waals surface area (Å²) in [6.45, 7) is 10.5. The maximum Gasteiger partial charge on any atom is 0.311 e. The molecule has 0 aliphatic carbocycles. The van der Waals surface area contributed by atoms with E-state index in [-0.39, 0.29) is 5.92 Å². The lowest BCUT2D eigenvalue weighted by Crippen LogP contribution is -2.46. The van der Waals surface area contributed by atoms with E-state index in [0.29, 0.717) is 19.0 Å². The maximum absolute atomic E-state index is 11.3. The van der Waals surface area contributed by atoms with E-state index in [0.717, 1.165) is 0 Å². The molecule has 1 unspecified atom stereocenters. The molecule has 1 atom stereocenters. The van der Waals surface area contributed by atoms with Crippen LogP contribution in [0.1, 0.15) is 41.0 Å². The molecule has 0 aromatic rings. The van der Waals surface area contributed by atoms with Gasteiger partial charge in [0.15, 0.2) is 0 Å². The predicted octanol–water partition coefficient (Wildman–Crippen LogP) is 2.12. The first kappa shape index (κ1) is 13.4. The van der Waals surface area contributed by atoms with Crippen molar-refractivity contribution in [2.24, 2.45) is 11.3 Å². The Morgan fingerprint density at radius 3 is 2.07 bits per heavy atom. The van der Waals surface area contributed by atoms with Crippen LogP contribution < -0.4 is 5.32 Å². The number of carboxylic acids is 1. The first-order valence-corrected chi connectivity index (χ1v) is 5.33. The van der Waals surface area contributed by atoms with E-state index >= 15 is 0 Å². The highest BCUT2D eigenvalue weighted by molar-refractivity contribution is 5.75. The molecule has 0 amide bonds. The Morgan fingerprint density at radius 2 is 1.86 bits per heavy atom. The normalized spacial score (nSPS) is 15.9. The highest BCUT2D eigenvalue weighted by Gasteiger charge is 2.39. The van der Waals surface area contributed by atoms with Crippen LogP contribution in [-0.2, 0) is 4.79 Å². The second-order valence-electron chi connectivity index (χ2n) is 4.51. The fourth-order valence-electron chi connectivity index (χ4n) is 1.60. The van der Waals surface area contributed by atoms with E-state index < -0.39 is 11.4 Å². The zero-order valence-electron chi connectivity index (χ0n) is 9.92. The minimum absolute atomic E-state index is 0.149. The molecular formula is C11H23NO2. The molecular weight excluding hydrogens is 178 g/mol. The van der Waals surface area contributed by atoms with Gasteiger partial charge in [-0.2, -0.15) is 0 Å². The van der Waals surface area contributed by atoms with E-state index in [1.807, 2.05) is 34.6 Å². The highest BCUT2D eigenvalue weighted by Crippen LogP contribution is 2.31. The second kappa shape index (κ2) is 5.35. The molecule has 0 heterocycles. The van der Waals surface area contributed by atoms with Crippen molar-refractivity contribution < 1.29 is 9.90 Å². The minimum atomic E-state index is -0.692. The molecule has 0 saturated carbocycles. The quantitative estimate of drug-likeness (QED) is 0.692. The SMILES string of the molecule is CCC(CNC(C)C)(C(=O)O)C(C)C. The van der Waals surface area contributed by atoms with Crippen molar-refractivity contribution in [1.82, 2.24) is 5.32 Å². The van der Waals surface area contributed by atoms with Gasteiger partial charge in [0.05, 0.1) is 5.41 Å². The van der Waals surface area contributed by atoms with Crippen molar-refractivity contribution in [2.45, 2.75) is 47.1 Å². The van der Waals surface area contributed by atoms with Crippen LogP contribution in [0, 0.1) is 11.3 Å². The van der Waals surface area contributed by atoms with Crippen LogP contribution >= 0.6 is 0 Å². The first-order valence-electron chi connectivity index (χ1n) is 5.33. The number of nitrogens with one attached hydrogen (secondary N) is 1. The van der Waals surface area contributed by atoms with Gasteiger partial charge in [-0.1, -0.05) is 34.6 Å². The van der Waals surface area contributed by atoms with Gasteiger partial charge in [0.1, 0.15) is 0 Å². The third kappa shape index (κ3) is 2.98. The minimum Gasteiger partial charge on any atom is -0.481 e. The van der Waals surface area contributed by atoms with Gasteiger partial charge in [0.2, 0.25) is 0 Å². The van der Waals surface area contributed by atoms with E-state index in [1.54, 1.807) is 0 Å². The number of carboxylic acid groups (broad SMARTS) is 1. The Bertz CT molecular complexity index is 190. The maximum atomic E-state index is 11.3. The fourth-order valence-corrected chi connectivity index (χ4v) is 1.60. The fraction of sp³-hybridized carbons (Fsp3) is 0.909. The summed E-state index contributed by atoms with van der Waals surface area (Å²) in [6, 6.07) is 0.332. The Kier molecular flexibility index (Phi) is 5.13. The number of carbonyl (C=O) groups is 1. The molecule has 0 spiro atoms. The van der Waals surface area contributed by atoms with Crippen molar-refractivity contribution in [3.63, 3.8) is 0 Å². The molecule has 84 valence electrons. The van der Waals surface area contributed by atoms with Gasteiger partial charge in [0.25, 0.3) is 0 Å². The monoisotopic (exact) mass is 201 g/mol. The van der Waals surface area contributed by atoms with Gasteiger partial charge >= 0.3 is 5.97 Å². The van der Waals surface area contributed by atoms with Gasteiger partial charge in [-0.25, -0.2) is 0 Å². The Balaban J connectivity index is 4.60. The summed E-state index contributed by atoms with van der Waals surface area (Å²) in [4.78, 5) is 11.3. The summed E-state index contributed by atoms with van der Waals surface area (Å²) in [5.41, 5.74) is -0.621. The molecule has 0 aromatic heterocycles. The van der Waals surface area contributed by atoms with E-state index in [1.165, 1.54) is 0 Å². The van der Waals surface area contributed by atoms with Crippen LogP contribution in [0.15, 0.2) is 0 Å². The summed E-state index contributed by atoms with van der Waals surface area (Å²) in [6.07, 6.45) is 0.666. The first-order chi connectivity index (χ1) is 6.36. The standard InChI is InChI=1S/C11H23NO2/c1-6-11(8(2)3,10(13)14)7-12-9(4)5/h8-9,12H,6-7H2,1-5H3,(H,13,14). The summed E-state index contributed by atoms with van der Waals surface area (Å²) < 4.78 is 0. The summed E-state index contributed by atoms with van der Waals surface area (Å²) in [5.74, 6) is -0.542. The number of aliphatic carboxylic acids is 1. The van der Waals surface area contributed by atoms with Crippen molar-refractivity contribution in [2.75, 3.05) is 6.54 Å². The Labute approximate surface area is 86.9 Å². The predicted molar refractivity (Wildman–Crippen MR) is 58.3 cm³/mol. The van der Waals surface area contributed by atoms with Gasteiger partial charge in [-0.15, -0.1) is 0 Å². The molecule has 0 rings (SSSR count). The van der Waals surface area contributed by atoms with Crippen LogP contribution in [0.2, 0.25) is 0 Å². The van der Waals surface area contributed by atoms with Crippen molar-refractivity contribution in [1.29, 1.82) is 0 Å². The molecule has 14 heavy (non-hydrogen) atoms. The lowest BCUT2D eigenvalue weighted by Gasteiger charge is -2.33. The largest absolute Gasteiger partial charge is 0.481 e. The van der Waals surface area contributed by atoms with Gasteiger partial charge in [-0.05, 0) is 12.3 Å². The Hall–Kier alpha value is -0.570. The van der Waals surface area contributed by atoms with Crippen LogP contribution in [-0.4, -0.2) is 23.7 Å². The third-order valence-corrected chi connectivity index (χ3v) is 2.99.